The molecule has 2 aromatic rings. The van der Waals surface area contributed by atoms with E-state index >= 15 is 0 Å². The van der Waals surface area contributed by atoms with Crippen molar-refractivity contribution < 1.29 is 8.42 Å². The summed E-state index contributed by atoms with van der Waals surface area (Å²) < 4.78 is 31.5. The largest absolute Gasteiger partial charge is 0.268 e. The minimum atomic E-state index is -3.69. The standard InChI is InChI=1S/C14H23N5O2S/c1-6-8-19-13(9-10(3)15-19)17-22(20,21)14-11(4)16-18(7-2)12(14)5/h9,17H,6-8H2,1-5H3. The van der Waals surface area contributed by atoms with Gasteiger partial charge in [-0.1, -0.05) is 6.92 Å². The van der Waals surface area contributed by atoms with E-state index in [0.29, 0.717) is 30.3 Å². The van der Waals surface area contributed by atoms with E-state index < -0.39 is 10.0 Å². The number of hydrogen-bond donors (Lipinski definition) is 1. The highest BCUT2D eigenvalue weighted by atomic mass is 32.2. The van der Waals surface area contributed by atoms with Crippen molar-refractivity contribution in [2.24, 2.45) is 0 Å². The lowest BCUT2D eigenvalue weighted by Crippen LogP contribution is -2.18. The van der Waals surface area contributed by atoms with Crippen LogP contribution in [0.5, 0.6) is 0 Å². The first-order valence-electron chi connectivity index (χ1n) is 7.41. The Bertz CT molecular complexity index is 773. The number of sulfonamides is 1. The molecule has 22 heavy (non-hydrogen) atoms. The maximum Gasteiger partial charge on any atom is 0.266 e. The van der Waals surface area contributed by atoms with Gasteiger partial charge >= 0.3 is 0 Å². The molecular formula is C14H23N5O2S. The molecule has 0 spiro atoms. The molecule has 2 heterocycles. The zero-order valence-corrected chi connectivity index (χ0v) is 14.5. The SMILES string of the molecule is CCCn1nc(C)cc1NS(=O)(=O)c1c(C)nn(CC)c1C. The lowest BCUT2D eigenvalue weighted by molar-refractivity contribution is 0.590. The van der Waals surface area contributed by atoms with Gasteiger partial charge in [0.1, 0.15) is 10.7 Å². The second-order valence-electron chi connectivity index (χ2n) is 5.32. The molecule has 0 fully saturated rings. The van der Waals surface area contributed by atoms with Gasteiger partial charge in [0, 0.05) is 19.2 Å². The molecule has 0 saturated heterocycles. The van der Waals surface area contributed by atoms with Gasteiger partial charge in [0.25, 0.3) is 10.0 Å². The molecule has 1 N–H and O–H groups in total. The van der Waals surface area contributed by atoms with Crippen LogP contribution in [0.25, 0.3) is 0 Å². The monoisotopic (exact) mass is 325 g/mol. The Morgan fingerprint density at radius 3 is 2.36 bits per heavy atom. The molecule has 0 bridgehead atoms. The molecule has 0 aliphatic carbocycles. The lowest BCUT2D eigenvalue weighted by atomic mass is 10.4. The normalized spacial score (nSPS) is 11.9. The van der Waals surface area contributed by atoms with Gasteiger partial charge in [0.2, 0.25) is 0 Å². The highest BCUT2D eigenvalue weighted by Crippen LogP contribution is 2.23. The maximum atomic E-state index is 12.7. The van der Waals surface area contributed by atoms with Gasteiger partial charge in [-0.15, -0.1) is 0 Å². The molecule has 7 nitrogen and oxygen atoms in total. The van der Waals surface area contributed by atoms with Gasteiger partial charge in [-0.05, 0) is 34.1 Å². The van der Waals surface area contributed by atoms with E-state index in [9.17, 15) is 8.42 Å². The minimum absolute atomic E-state index is 0.247. The fraction of sp³-hybridized carbons (Fsp3) is 0.571. The molecular weight excluding hydrogens is 302 g/mol. The van der Waals surface area contributed by atoms with Crippen molar-refractivity contribution in [1.29, 1.82) is 0 Å². The number of anilines is 1. The molecule has 0 unspecified atom stereocenters. The average Bonchev–Trinajstić information content (AvgIpc) is 2.89. The van der Waals surface area contributed by atoms with Gasteiger partial charge in [-0.2, -0.15) is 10.2 Å². The number of rotatable bonds is 6. The van der Waals surface area contributed by atoms with Crippen LogP contribution in [0.1, 0.15) is 37.4 Å². The Morgan fingerprint density at radius 2 is 1.82 bits per heavy atom. The summed E-state index contributed by atoms with van der Waals surface area (Å²) in [4.78, 5) is 0.247. The van der Waals surface area contributed by atoms with Crippen LogP contribution in [0.4, 0.5) is 5.82 Å². The predicted octanol–water partition coefficient (Wildman–Crippen LogP) is 2.24. The lowest BCUT2D eigenvalue weighted by Gasteiger charge is -2.10. The molecule has 0 aromatic carbocycles. The summed E-state index contributed by atoms with van der Waals surface area (Å²) in [5.74, 6) is 0.488. The Morgan fingerprint density at radius 1 is 1.14 bits per heavy atom. The van der Waals surface area contributed by atoms with Crippen molar-refractivity contribution in [3.63, 3.8) is 0 Å². The molecule has 2 aromatic heterocycles. The van der Waals surface area contributed by atoms with Gasteiger partial charge in [-0.3, -0.25) is 9.40 Å². The summed E-state index contributed by atoms with van der Waals surface area (Å²) in [6, 6.07) is 1.74. The van der Waals surface area contributed by atoms with Crippen molar-refractivity contribution in [3.05, 3.63) is 23.1 Å². The third kappa shape index (κ3) is 3.01. The van der Waals surface area contributed by atoms with Crippen LogP contribution in [0, 0.1) is 20.8 Å². The van der Waals surface area contributed by atoms with Crippen molar-refractivity contribution in [2.45, 2.75) is 59.0 Å². The summed E-state index contributed by atoms with van der Waals surface area (Å²) in [5, 5.41) is 8.59. The van der Waals surface area contributed by atoms with E-state index in [0.717, 1.165) is 12.1 Å². The molecule has 0 aliphatic rings. The fourth-order valence-electron chi connectivity index (χ4n) is 2.58. The summed E-state index contributed by atoms with van der Waals surface area (Å²) in [7, 11) is -3.69. The topological polar surface area (TPSA) is 81.8 Å². The smallest absolute Gasteiger partial charge is 0.266 e. The van der Waals surface area contributed by atoms with E-state index in [1.807, 2.05) is 20.8 Å². The number of hydrogen-bond acceptors (Lipinski definition) is 4. The van der Waals surface area contributed by atoms with Gasteiger partial charge in [0.15, 0.2) is 0 Å². The summed E-state index contributed by atoms with van der Waals surface area (Å²) in [6.45, 7) is 10.6. The predicted molar refractivity (Wildman–Crippen MR) is 85.4 cm³/mol. The van der Waals surface area contributed by atoms with Crippen LogP contribution >= 0.6 is 0 Å². The molecule has 8 heteroatoms. The van der Waals surface area contributed by atoms with E-state index in [1.165, 1.54) is 0 Å². The first kappa shape index (κ1) is 16.5. The fourth-order valence-corrected chi connectivity index (χ4v) is 4.04. The molecule has 122 valence electrons. The Hall–Kier alpha value is -1.83. The Balaban J connectivity index is 2.42. The van der Waals surface area contributed by atoms with Crippen LogP contribution in [-0.4, -0.2) is 28.0 Å². The average molecular weight is 325 g/mol. The second kappa shape index (κ2) is 6.12. The molecule has 0 atom stereocenters. The zero-order valence-electron chi connectivity index (χ0n) is 13.7. The molecule has 0 amide bonds. The van der Waals surface area contributed by atoms with Crippen LogP contribution in [0.15, 0.2) is 11.0 Å². The molecule has 2 rings (SSSR count). The number of aryl methyl sites for hydroxylation is 4. The summed E-state index contributed by atoms with van der Waals surface area (Å²) >= 11 is 0. The van der Waals surface area contributed by atoms with E-state index in [4.69, 9.17) is 0 Å². The number of nitrogens with one attached hydrogen (secondary N) is 1. The Labute approximate surface area is 131 Å². The van der Waals surface area contributed by atoms with Crippen LogP contribution < -0.4 is 4.72 Å². The zero-order chi connectivity index (χ0) is 16.5. The van der Waals surface area contributed by atoms with Gasteiger partial charge in [-0.25, -0.2) is 13.1 Å². The Kier molecular flexibility index (Phi) is 4.60. The van der Waals surface area contributed by atoms with E-state index in [1.54, 1.807) is 29.3 Å². The highest BCUT2D eigenvalue weighted by Gasteiger charge is 2.25. The quantitative estimate of drug-likeness (QED) is 0.883. The van der Waals surface area contributed by atoms with Crippen molar-refractivity contribution >= 4 is 15.8 Å². The first-order valence-corrected chi connectivity index (χ1v) is 8.89. The van der Waals surface area contributed by atoms with Crippen LogP contribution in [-0.2, 0) is 23.1 Å². The van der Waals surface area contributed by atoms with E-state index in [-0.39, 0.29) is 4.90 Å². The molecule has 0 radical (unpaired) electrons. The third-order valence-corrected chi connectivity index (χ3v) is 5.07. The first-order chi connectivity index (χ1) is 10.3. The number of nitrogens with zero attached hydrogens (tertiary/aromatic N) is 4. The van der Waals surface area contributed by atoms with Gasteiger partial charge < -0.3 is 0 Å². The summed E-state index contributed by atoms with van der Waals surface area (Å²) in [6.07, 6.45) is 0.877. The summed E-state index contributed by atoms with van der Waals surface area (Å²) in [5.41, 5.74) is 1.93. The van der Waals surface area contributed by atoms with Crippen molar-refractivity contribution in [2.75, 3.05) is 4.72 Å². The minimum Gasteiger partial charge on any atom is -0.268 e. The molecule has 0 saturated carbocycles. The van der Waals surface area contributed by atoms with E-state index in [2.05, 4.69) is 14.9 Å². The molecule has 0 aliphatic heterocycles. The highest BCUT2D eigenvalue weighted by molar-refractivity contribution is 7.92. The number of aromatic nitrogens is 4. The van der Waals surface area contributed by atoms with Crippen molar-refractivity contribution in [1.82, 2.24) is 19.6 Å². The third-order valence-electron chi connectivity index (χ3n) is 3.46. The second-order valence-corrected chi connectivity index (χ2v) is 6.93. The van der Waals surface area contributed by atoms with Crippen LogP contribution in [0.3, 0.4) is 0 Å². The van der Waals surface area contributed by atoms with Gasteiger partial charge in [0.05, 0.1) is 17.1 Å². The van der Waals surface area contributed by atoms with Crippen molar-refractivity contribution in [3.8, 4) is 0 Å². The van der Waals surface area contributed by atoms with Crippen LogP contribution in [0.2, 0.25) is 0 Å². The maximum absolute atomic E-state index is 12.7.